The number of rotatable bonds is 6. The zero-order chi connectivity index (χ0) is 17.0. The first kappa shape index (κ1) is 17.3. The Hall–Kier alpha value is -1.49. The summed E-state index contributed by atoms with van der Waals surface area (Å²) in [7, 11) is 2.04. The summed E-state index contributed by atoms with van der Waals surface area (Å²) >= 11 is 0. The van der Waals surface area contributed by atoms with Crippen molar-refractivity contribution in [3.05, 3.63) is 24.0 Å². The Morgan fingerprint density at radius 2 is 2.17 bits per heavy atom. The highest BCUT2D eigenvalue weighted by Gasteiger charge is 2.56. The van der Waals surface area contributed by atoms with Crippen LogP contribution in [-0.2, 0) is 18.3 Å². The van der Waals surface area contributed by atoms with E-state index in [1.807, 2.05) is 7.05 Å². The molecule has 2 saturated carbocycles. The van der Waals surface area contributed by atoms with Crippen molar-refractivity contribution < 1.29 is 4.74 Å². The number of aryl methyl sites for hydroxylation is 1. The van der Waals surface area contributed by atoms with Gasteiger partial charge in [0.1, 0.15) is 0 Å². The molecule has 0 amide bonds. The molecule has 5 nitrogen and oxygen atoms in total. The molecule has 2 N–H and O–H groups in total. The van der Waals surface area contributed by atoms with Crippen LogP contribution in [-0.4, -0.2) is 35.8 Å². The van der Waals surface area contributed by atoms with Gasteiger partial charge in [-0.15, -0.1) is 0 Å². The standard InChI is InChI=1S/C19H32N4O/c1-4-20-18(21-13-15-8-11-23(3)14-15)22-16-12-17(24-5-2)19(16)9-6-7-10-19/h8,11,14,16-17H,4-7,9-10,12-13H2,1-3H3,(H2,20,21,22). The van der Waals surface area contributed by atoms with E-state index in [9.17, 15) is 0 Å². The van der Waals surface area contributed by atoms with Gasteiger partial charge in [-0.1, -0.05) is 12.8 Å². The van der Waals surface area contributed by atoms with Crippen molar-refractivity contribution in [1.29, 1.82) is 0 Å². The fourth-order valence-corrected chi connectivity index (χ4v) is 4.40. The van der Waals surface area contributed by atoms with Crippen LogP contribution in [0.15, 0.2) is 23.5 Å². The first-order valence-corrected chi connectivity index (χ1v) is 9.45. The third kappa shape index (κ3) is 3.46. The number of ether oxygens (including phenoxy) is 1. The lowest BCUT2D eigenvalue weighted by Crippen LogP contribution is -2.65. The molecule has 134 valence electrons. The Labute approximate surface area is 145 Å². The maximum atomic E-state index is 6.02. The van der Waals surface area contributed by atoms with Crippen molar-refractivity contribution in [3.8, 4) is 0 Å². The van der Waals surface area contributed by atoms with E-state index < -0.39 is 0 Å². The molecule has 0 aliphatic heterocycles. The number of nitrogens with one attached hydrogen (secondary N) is 2. The summed E-state index contributed by atoms with van der Waals surface area (Å²) in [6.45, 7) is 6.64. The Bertz CT molecular complexity index is 559. The van der Waals surface area contributed by atoms with Crippen LogP contribution in [0.5, 0.6) is 0 Å². The highest BCUT2D eigenvalue weighted by molar-refractivity contribution is 5.80. The minimum atomic E-state index is 0.332. The lowest BCUT2D eigenvalue weighted by molar-refractivity contribution is -0.125. The van der Waals surface area contributed by atoms with Gasteiger partial charge in [-0.25, -0.2) is 4.99 Å². The average molecular weight is 332 g/mol. The molecule has 2 fully saturated rings. The van der Waals surface area contributed by atoms with Crippen LogP contribution >= 0.6 is 0 Å². The predicted molar refractivity (Wildman–Crippen MR) is 98.1 cm³/mol. The summed E-state index contributed by atoms with van der Waals surface area (Å²) in [6, 6.07) is 2.62. The molecule has 5 heteroatoms. The van der Waals surface area contributed by atoms with Crippen LogP contribution in [0.1, 0.15) is 51.5 Å². The van der Waals surface area contributed by atoms with Crippen LogP contribution in [0.3, 0.4) is 0 Å². The molecule has 24 heavy (non-hydrogen) atoms. The second kappa shape index (κ2) is 7.60. The van der Waals surface area contributed by atoms with Crippen molar-refractivity contribution in [2.45, 2.75) is 64.6 Å². The summed E-state index contributed by atoms with van der Waals surface area (Å²) in [5.74, 6) is 0.938. The molecule has 0 saturated heterocycles. The fourth-order valence-electron chi connectivity index (χ4n) is 4.40. The Balaban J connectivity index is 1.64. The third-order valence-electron chi connectivity index (χ3n) is 5.66. The predicted octanol–water partition coefficient (Wildman–Crippen LogP) is 2.82. The Morgan fingerprint density at radius 1 is 1.38 bits per heavy atom. The van der Waals surface area contributed by atoms with Gasteiger partial charge in [0.25, 0.3) is 0 Å². The van der Waals surface area contributed by atoms with Gasteiger partial charge in [-0.2, -0.15) is 0 Å². The highest BCUT2D eigenvalue weighted by Crippen LogP contribution is 2.54. The van der Waals surface area contributed by atoms with Crippen LogP contribution < -0.4 is 10.6 Å². The second-order valence-corrected chi connectivity index (χ2v) is 7.20. The summed E-state index contributed by atoms with van der Waals surface area (Å²) in [4.78, 5) is 4.78. The van der Waals surface area contributed by atoms with E-state index >= 15 is 0 Å². The Kier molecular flexibility index (Phi) is 5.49. The molecule has 1 aromatic rings. The van der Waals surface area contributed by atoms with E-state index in [1.54, 1.807) is 0 Å². The lowest BCUT2D eigenvalue weighted by Gasteiger charge is -2.54. The topological polar surface area (TPSA) is 50.6 Å². The molecule has 0 aromatic carbocycles. The molecule has 1 spiro atoms. The fraction of sp³-hybridized carbons (Fsp3) is 0.737. The molecule has 1 heterocycles. The van der Waals surface area contributed by atoms with Crippen LogP contribution in [0.25, 0.3) is 0 Å². The summed E-state index contributed by atoms with van der Waals surface area (Å²) in [6.07, 6.45) is 11.0. The van der Waals surface area contributed by atoms with Crippen molar-refractivity contribution in [1.82, 2.24) is 15.2 Å². The molecule has 0 radical (unpaired) electrons. The molecule has 1 aromatic heterocycles. The largest absolute Gasteiger partial charge is 0.378 e. The van der Waals surface area contributed by atoms with Crippen molar-refractivity contribution in [3.63, 3.8) is 0 Å². The zero-order valence-electron chi connectivity index (χ0n) is 15.3. The van der Waals surface area contributed by atoms with Gasteiger partial charge in [0.15, 0.2) is 5.96 Å². The van der Waals surface area contributed by atoms with Crippen LogP contribution in [0.2, 0.25) is 0 Å². The van der Waals surface area contributed by atoms with Gasteiger partial charge in [0.2, 0.25) is 0 Å². The smallest absolute Gasteiger partial charge is 0.191 e. The Morgan fingerprint density at radius 3 is 2.79 bits per heavy atom. The zero-order valence-corrected chi connectivity index (χ0v) is 15.3. The van der Waals surface area contributed by atoms with E-state index in [0.717, 1.165) is 25.5 Å². The molecule has 3 rings (SSSR count). The maximum absolute atomic E-state index is 6.02. The van der Waals surface area contributed by atoms with E-state index in [0.29, 0.717) is 24.1 Å². The summed E-state index contributed by atoms with van der Waals surface area (Å²) in [5.41, 5.74) is 1.57. The van der Waals surface area contributed by atoms with E-state index in [1.165, 1.54) is 31.2 Å². The number of aromatic nitrogens is 1. The van der Waals surface area contributed by atoms with Crippen molar-refractivity contribution >= 4 is 5.96 Å². The van der Waals surface area contributed by atoms with E-state index in [2.05, 4.69) is 47.5 Å². The third-order valence-corrected chi connectivity index (χ3v) is 5.66. The number of nitrogens with zero attached hydrogens (tertiary/aromatic N) is 2. The normalized spacial score (nSPS) is 25.7. The number of aliphatic imine (C=N–C) groups is 1. The highest BCUT2D eigenvalue weighted by atomic mass is 16.5. The van der Waals surface area contributed by atoms with Gasteiger partial charge in [0, 0.05) is 44.0 Å². The second-order valence-electron chi connectivity index (χ2n) is 7.20. The number of hydrogen-bond acceptors (Lipinski definition) is 2. The van der Waals surface area contributed by atoms with Gasteiger partial charge in [-0.3, -0.25) is 0 Å². The van der Waals surface area contributed by atoms with Crippen LogP contribution in [0.4, 0.5) is 0 Å². The molecule has 2 aliphatic rings. The molecule has 2 unspecified atom stereocenters. The van der Waals surface area contributed by atoms with E-state index in [4.69, 9.17) is 9.73 Å². The average Bonchev–Trinajstić information content (AvgIpc) is 3.22. The molecular weight excluding hydrogens is 300 g/mol. The van der Waals surface area contributed by atoms with Gasteiger partial charge < -0.3 is 19.9 Å². The van der Waals surface area contributed by atoms with E-state index in [-0.39, 0.29) is 0 Å². The summed E-state index contributed by atoms with van der Waals surface area (Å²) in [5, 5.41) is 7.11. The lowest BCUT2D eigenvalue weighted by atomic mass is 9.60. The van der Waals surface area contributed by atoms with Crippen molar-refractivity contribution in [2.24, 2.45) is 17.5 Å². The molecular formula is C19H32N4O. The SMILES string of the molecule is CCNC(=NCc1ccn(C)c1)NC1CC(OCC)C12CCCC2. The number of hydrogen-bond donors (Lipinski definition) is 2. The molecule has 0 bridgehead atoms. The van der Waals surface area contributed by atoms with Crippen LogP contribution in [0, 0.1) is 5.41 Å². The monoisotopic (exact) mass is 332 g/mol. The number of guanidine groups is 1. The van der Waals surface area contributed by atoms with Gasteiger partial charge in [-0.05, 0) is 44.7 Å². The quantitative estimate of drug-likeness (QED) is 0.622. The molecule has 2 aliphatic carbocycles. The minimum Gasteiger partial charge on any atom is -0.378 e. The maximum Gasteiger partial charge on any atom is 0.191 e. The first-order valence-electron chi connectivity index (χ1n) is 9.45. The summed E-state index contributed by atoms with van der Waals surface area (Å²) < 4.78 is 8.08. The van der Waals surface area contributed by atoms with Crippen molar-refractivity contribution in [2.75, 3.05) is 13.2 Å². The van der Waals surface area contributed by atoms with Gasteiger partial charge in [0.05, 0.1) is 12.6 Å². The molecule has 2 atom stereocenters. The first-order chi connectivity index (χ1) is 11.7. The van der Waals surface area contributed by atoms with Gasteiger partial charge >= 0.3 is 0 Å². The minimum absolute atomic E-state index is 0.332.